The zero-order valence-electron chi connectivity index (χ0n) is 12.7. The van der Waals surface area contributed by atoms with Gasteiger partial charge in [-0.1, -0.05) is 31.9 Å². The van der Waals surface area contributed by atoms with E-state index in [1.807, 2.05) is 13.0 Å². The summed E-state index contributed by atoms with van der Waals surface area (Å²) in [5, 5.41) is 38.2. The van der Waals surface area contributed by atoms with Gasteiger partial charge in [0.1, 0.15) is 0 Å². The van der Waals surface area contributed by atoms with Gasteiger partial charge in [-0.25, -0.2) is 0 Å². The van der Waals surface area contributed by atoms with Crippen molar-refractivity contribution in [2.75, 3.05) is 0 Å². The highest BCUT2D eigenvalue weighted by Gasteiger charge is 2.39. The summed E-state index contributed by atoms with van der Waals surface area (Å²) in [4.78, 5) is 10.4. The number of carboxylic acid groups (broad SMARTS) is 1. The van der Waals surface area contributed by atoms with Crippen molar-refractivity contribution in [3.05, 3.63) is 12.2 Å². The van der Waals surface area contributed by atoms with Crippen LogP contribution in [0.5, 0.6) is 0 Å². The van der Waals surface area contributed by atoms with Crippen molar-refractivity contribution in [1.82, 2.24) is 0 Å². The Kier molecular flexibility index (Phi) is 7.93. The van der Waals surface area contributed by atoms with Crippen LogP contribution in [0.15, 0.2) is 12.2 Å². The highest BCUT2D eigenvalue weighted by molar-refractivity contribution is 5.66. The van der Waals surface area contributed by atoms with Crippen molar-refractivity contribution >= 4 is 5.97 Å². The maximum Gasteiger partial charge on any atom is 0.303 e. The molecule has 0 aliphatic heterocycles. The van der Waals surface area contributed by atoms with Crippen LogP contribution >= 0.6 is 0 Å². The van der Waals surface area contributed by atoms with Crippen molar-refractivity contribution in [3.8, 4) is 0 Å². The SMILES string of the molecule is CCC(O)C=CC1C(O)CC(O)C1CCCCCC(=O)O. The number of aliphatic hydroxyl groups is 3. The van der Waals surface area contributed by atoms with Gasteiger partial charge in [0, 0.05) is 18.8 Å². The number of hydrogen-bond acceptors (Lipinski definition) is 4. The van der Waals surface area contributed by atoms with Crippen LogP contribution in [0.4, 0.5) is 0 Å². The fourth-order valence-corrected chi connectivity index (χ4v) is 3.00. The summed E-state index contributed by atoms with van der Waals surface area (Å²) >= 11 is 0. The number of carboxylic acids is 1. The molecule has 0 heterocycles. The molecule has 0 saturated heterocycles. The van der Waals surface area contributed by atoms with Gasteiger partial charge in [0.25, 0.3) is 0 Å². The van der Waals surface area contributed by atoms with Crippen LogP contribution in [0.25, 0.3) is 0 Å². The molecule has 5 unspecified atom stereocenters. The molecule has 122 valence electrons. The second-order valence-electron chi connectivity index (χ2n) is 5.97. The standard InChI is InChI=1S/C16H28O5/c1-2-11(17)8-9-13-12(14(18)10-15(13)19)6-4-3-5-7-16(20)21/h8-9,11-15,17-19H,2-7,10H2,1H3,(H,20,21). The zero-order chi connectivity index (χ0) is 15.8. The minimum atomic E-state index is -0.777. The quantitative estimate of drug-likeness (QED) is 0.384. The highest BCUT2D eigenvalue weighted by Crippen LogP contribution is 2.37. The Bertz CT molecular complexity index is 342. The van der Waals surface area contributed by atoms with E-state index in [-0.39, 0.29) is 18.3 Å². The first-order valence-corrected chi connectivity index (χ1v) is 7.90. The number of hydrogen-bond donors (Lipinski definition) is 4. The fourth-order valence-electron chi connectivity index (χ4n) is 3.00. The highest BCUT2D eigenvalue weighted by atomic mass is 16.4. The molecule has 21 heavy (non-hydrogen) atoms. The van der Waals surface area contributed by atoms with Crippen molar-refractivity contribution in [2.45, 2.75) is 70.2 Å². The lowest BCUT2D eigenvalue weighted by atomic mass is 9.88. The molecule has 0 bridgehead atoms. The monoisotopic (exact) mass is 300 g/mol. The van der Waals surface area contributed by atoms with Gasteiger partial charge in [-0.3, -0.25) is 4.79 Å². The lowest BCUT2D eigenvalue weighted by Gasteiger charge is -2.21. The van der Waals surface area contributed by atoms with Gasteiger partial charge in [-0.15, -0.1) is 0 Å². The first-order valence-electron chi connectivity index (χ1n) is 7.90. The van der Waals surface area contributed by atoms with E-state index in [0.717, 1.165) is 19.3 Å². The Balaban J connectivity index is 2.44. The molecular weight excluding hydrogens is 272 g/mol. The summed E-state index contributed by atoms with van der Waals surface area (Å²) in [6.45, 7) is 1.88. The smallest absolute Gasteiger partial charge is 0.303 e. The molecule has 0 spiro atoms. The van der Waals surface area contributed by atoms with Crippen molar-refractivity contribution in [3.63, 3.8) is 0 Å². The summed E-state index contributed by atoms with van der Waals surface area (Å²) in [6, 6.07) is 0. The summed E-state index contributed by atoms with van der Waals surface area (Å²) in [5.41, 5.74) is 0. The summed E-state index contributed by atoms with van der Waals surface area (Å²) in [5.74, 6) is -0.911. The molecule has 5 heteroatoms. The van der Waals surface area contributed by atoms with Crippen LogP contribution in [-0.4, -0.2) is 44.7 Å². The Labute approximate surface area is 126 Å². The van der Waals surface area contributed by atoms with E-state index in [0.29, 0.717) is 19.3 Å². The van der Waals surface area contributed by atoms with Crippen LogP contribution < -0.4 is 0 Å². The number of aliphatic carboxylic acids is 1. The molecule has 5 nitrogen and oxygen atoms in total. The van der Waals surface area contributed by atoms with Crippen molar-refractivity contribution < 1.29 is 25.2 Å². The molecule has 0 aromatic carbocycles. The normalized spacial score (nSPS) is 30.9. The van der Waals surface area contributed by atoms with Crippen LogP contribution in [0, 0.1) is 11.8 Å². The van der Waals surface area contributed by atoms with Crippen LogP contribution in [-0.2, 0) is 4.79 Å². The molecular formula is C16H28O5. The third-order valence-corrected chi connectivity index (χ3v) is 4.32. The molecule has 1 aliphatic carbocycles. The second-order valence-corrected chi connectivity index (χ2v) is 5.97. The molecule has 1 aliphatic rings. The van der Waals surface area contributed by atoms with E-state index in [1.54, 1.807) is 6.08 Å². The Hall–Kier alpha value is -0.910. The number of carbonyl (C=O) groups is 1. The van der Waals surface area contributed by atoms with E-state index in [9.17, 15) is 20.1 Å². The van der Waals surface area contributed by atoms with Gasteiger partial charge in [0.05, 0.1) is 18.3 Å². The van der Waals surface area contributed by atoms with Crippen LogP contribution in [0.3, 0.4) is 0 Å². The summed E-state index contributed by atoms with van der Waals surface area (Å²) < 4.78 is 0. The predicted molar refractivity (Wildman–Crippen MR) is 79.8 cm³/mol. The number of rotatable bonds is 9. The van der Waals surface area contributed by atoms with E-state index in [1.165, 1.54) is 0 Å². The molecule has 1 saturated carbocycles. The molecule has 0 radical (unpaired) electrons. The van der Waals surface area contributed by atoms with Gasteiger partial charge in [0.15, 0.2) is 0 Å². The number of unbranched alkanes of at least 4 members (excludes halogenated alkanes) is 2. The second kappa shape index (κ2) is 9.18. The zero-order valence-corrected chi connectivity index (χ0v) is 12.7. The minimum Gasteiger partial charge on any atom is -0.481 e. The number of aliphatic hydroxyl groups excluding tert-OH is 3. The predicted octanol–water partition coefficient (Wildman–Crippen LogP) is 1.71. The maximum absolute atomic E-state index is 10.4. The molecule has 5 atom stereocenters. The van der Waals surface area contributed by atoms with E-state index in [2.05, 4.69) is 0 Å². The van der Waals surface area contributed by atoms with Crippen molar-refractivity contribution in [1.29, 1.82) is 0 Å². The van der Waals surface area contributed by atoms with Gasteiger partial charge in [-0.05, 0) is 25.2 Å². The minimum absolute atomic E-state index is 0.00914. The summed E-state index contributed by atoms with van der Waals surface area (Å²) in [6.07, 6.45) is 6.21. The molecule has 4 N–H and O–H groups in total. The first-order chi connectivity index (χ1) is 9.95. The van der Waals surface area contributed by atoms with E-state index in [4.69, 9.17) is 5.11 Å². The Morgan fingerprint density at radius 3 is 2.57 bits per heavy atom. The van der Waals surface area contributed by atoms with E-state index < -0.39 is 24.3 Å². The van der Waals surface area contributed by atoms with Crippen LogP contribution in [0.1, 0.15) is 51.9 Å². The van der Waals surface area contributed by atoms with Gasteiger partial charge >= 0.3 is 5.97 Å². The van der Waals surface area contributed by atoms with Gasteiger partial charge < -0.3 is 20.4 Å². The topological polar surface area (TPSA) is 98.0 Å². The van der Waals surface area contributed by atoms with Crippen LogP contribution in [0.2, 0.25) is 0 Å². The van der Waals surface area contributed by atoms with E-state index >= 15 is 0 Å². The largest absolute Gasteiger partial charge is 0.481 e. The average Bonchev–Trinajstić information content (AvgIpc) is 2.69. The van der Waals surface area contributed by atoms with Crippen molar-refractivity contribution in [2.24, 2.45) is 11.8 Å². The Morgan fingerprint density at radius 2 is 1.95 bits per heavy atom. The van der Waals surface area contributed by atoms with Gasteiger partial charge in [-0.2, -0.15) is 0 Å². The summed E-state index contributed by atoms with van der Waals surface area (Å²) in [7, 11) is 0. The Morgan fingerprint density at radius 1 is 1.24 bits per heavy atom. The molecule has 0 aromatic heterocycles. The lowest BCUT2D eigenvalue weighted by molar-refractivity contribution is -0.137. The molecule has 1 fully saturated rings. The molecule has 0 amide bonds. The van der Waals surface area contributed by atoms with Gasteiger partial charge in [0.2, 0.25) is 0 Å². The lowest BCUT2D eigenvalue weighted by Crippen LogP contribution is -2.21. The third kappa shape index (κ3) is 6.16. The molecule has 1 rings (SSSR count). The fraction of sp³-hybridized carbons (Fsp3) is 0.812. The first kappa shape index (κ1) is 18.1. The average molecular weight is 300 g/mol. The maximum atomic E-state index is 10.4. The third-order valence-electron chi connectivity index (χ3n) is 4.32. The molecule has 0 aromatic rings.